The molecule has 1 aromatic carbocycles. The quantitative estimate of drug-likeness (QED) is 0.597. The molecule has 0 aliphatic carbocycles. The minimum atomic E-state index is 0.00604. The molecule has 7 heteroatoms. The van der Waals surface area contributed by atoms with Crippen molar-refractivity contribution in [2.75, 3.05) is 38.6 Å². The summed E-state index contributed by atoms with van der Waals surface area (Å²) in [4.78, 5) is 28.0. The maximum atomic E-state index is 12.7. The van der Waals surface area contributed by atoms with Gasteiger partial charge in [-0.15, -0.1) is 11.3 Å². The number of hydrogen-bond donors (Lipinski definition) is 1. The number of thiophene rings is 1. The first-order valence-corrected chi connectivity index (χ1v) is 12.5. The van der Waals surface area contributed by atoms with Crippen LogP contribution < -0.4 is 10.2 Å². The zero-order chi connectivity index (χ0) is 22.9. The van der Waals surface area contributed by atoms with E-state index in [0.717, 1.165) is 36.7 Å². The van der Waals surface area contributed by atoms with E-state index in [9.17, 15) is 4.79 Å². The molecule has 3 aromatic rings. The molecule has 0 saturated carbocycles. The summed E-state index contributed by atoms with van der Waals surface area (Å²) in [5.41, 5.74) is 4.01. The summed E-state index contributed by atoms with van der Waals surface area (Å²) in [5.74, 6) is 1.88. The average Bonchev–Trinajstić information content (AvgIpc) is 3.38. The fourth-order valence-corrected chi connectivity index (χ4v) is 5.93. The van der Waals surface area contributed by atoms with Gasteiger partial charge in [0.2, 0.25) is 0 Å². The zero-order valence-corrected chi connectivity index (χ0v) is 20.3. The Morgan fingerprint density at radius 3 is 2.70 bits per heavy atom. The van der Waals surface area contributed by atoms with Crippen LogP contribution >= 0.6 is 11.3 Å². The number of carbonyl (C=O) groups is 1. The molecule has 2 bridgehead atoms. The maximum Gasteiger partial charge on any atom is 0.251 e. The molecular weight excluding hydrogens is 430 g/mol. The van der Waals surface area contributed by atoms with E-state index in [1.165, 1.54) is 17.0 Å². The van der Waals surface area contributed by atoms with Crippen molar-refractivity contribution >= 4 is 22.9 Å². The van der Waals surface area contributed by atoms with Crippen molar-refractivity contribution < 1.29 is 4.79 Å². The second-order valence-electron chi connectivity index (χ2n) is 9.39. The lowest BCUT2D eigenvalue weighted by Gasteiger charge is -2.49. The summed E-state index contributed by atoms with van der Waals surface area (Å²) < 4.78 is 0. The van der Waals surface area contributed by atoms with Crippen molar-refractivity contribution in [3.05, 3.63) is 64.9 Å². The molecule has 1 unspecified atom stereocenters. The molecule has 1 N–H and O–H groups in total. The normalized spacial score (nSPS) is 24.0. The zero-order valence-electron chi connectivity index (χ0n) is 19.5. The van der Waals surface area contributed by atoms with Gasteiger partial charge >= 0.3 is 0 Å². The first kappa shape index (κ1) is 22.0. The third-order valence-electron chi connectivity index (χ3n) is 7.03. The highest BCUT2D eigenvalue weighted by molar-refractivity contribution is 7.13. The van der Waals surface area contributed by atoms with Gasteiger partial charge in [0.1, 0.15) is 5.82 Å². The Balaban J connectivity index is 1.23. The minimum Gasteiger partial charge on any atom is -0.378 e. The Morgan fingerprint density at radius 2 is 2.03 bits per heavy atom. The van der Waals surface area contributed by atoms with Crippen LogP contribution in [0.15, 0.2) is 47.8 Å². The van der Waals surface area contributed by atoms with Crippen LogP contribution in [-0.4, -0.2) is 60.5 Å². The number of aromatic nitrogens is 2. The predicted octanol–water partition coefficient (Wildman–Crippen LogP) is 4.19. The summed E-state index contributed by atoms with van der Waals surface area (Å²) in [7, 11) is 4.00. The van der Waals surface area contributed by atoms with E-state index < -0.39 is 0 Å². The molecule has 172 valence electrons. The van der Waals surface area contributed by atoms with Gasteiger partial charge in [0, 0.05) is 56.1 Å². The Hall–Kier alpha value is -2.77. The van der Waals surface area contributed by atoms with Gasteiger partial charge < -0.3 is 10.2 Å². The SMILES string of the molecule is Cc1nc(-c2cccs2)cc([C@@H]2CN3CC[C@H]2C[C@@H]3CNC(=O)c2ccc(N(C)C)cc2)n1. The number of fused-ring (bicyclic) bond motifs is 3. The summed E-state index contributed by atoms with van der Waals surface area (Å²) in [5, 5.41) is 5.27. The van der Waals surface area contributed by atoms with Crippen LogP contribution in [0.2, 0.25) is 0 Å². The van der Waals surface area contributed by atoms with Crippen molar-refractivity contribution in [1.29, 1.82) is 0 Å². The van der Waals surface area contributed by atoms with Crippen LogP contribution in [0.3, 0.4) is 0 Å². The van der Waals surface area contributed by atoms with Crippen LogP contribution in [0.1, 0.15) is 40.6 Å². The Bertz CT molecular complexity index is 1110. The van der Waals surface area contributed by atoms with E-state index in [1.807, 2.05) is 50.2 Å². The van der Waals surface area contributed by atoms with Crippen molar-refractivity contribution in [1.82, 2.24) is 20.2 Å². The van der Waals surface area contributed by atoms with Crippen molar-refractivity contribution in [3.63, 3.8) is 0 Å². The monoisotopic (exact) mass is 461 g/mol. The van der Waals surface area contributed by atoms with E-state index >= 15 is 0 Å². The van der Waals surface area contributed by atoms with Gasteiger partial charge in [0.25, 0.3) is 5.91 Å². The first-order valence-electron chi connectivity index (χ1n) is 11.7. The van der Waals surface area contributed by atoms with Crippen LogP contribution in [0.5, 0.6) is 0 Å². The van der Waals surface area contributed by atoms with Crippen LogP contribution in [-0.2, 0) is 0 Å². The molecule has 6 nitrogen and oxygen atoms in total. The van der Waals surface area contributed by atoms with Gasteiger partial charge in [-0.2, -0.15) is 0 Å². The van der Waals surface area contributed by atoms with E-state index in [-0.39, 0.29) is 5.91 Å². The fraction of sp³-hybridized carbons (Fsp3) is 0.423. The number of nitrogens with zero attached hydrogens (tertiary/aromatic N) is 4. The number of benzene rings is 1. The summed E-state index contributed by atoms with van der Waals surface area (Å²) in [6.07, 6.45) is 2.29. The van der Waals surface area contributed by atoms with Gasteiger partial charge in [-0.1, -0.05) is 6.07 Å². The summed E-state index contributed by atoms with van der Waals surface area (Å²) in [6, 6.07) is 14.6. The van der Waals surface area contributed by atoms with Crippen molar-refractivity contribution in [2.24, 2.45) is 5.92 Å². The topological polar surface area (TPSA) is 61.4 Å². The lowest BCUT2D eigenvalue weighted by atomic mass is 9.74. The van der Waals surface area contributed by atoms with E-state index in [2.05, 4.69) is 38.8 Å². The highest BCUT2D eigenvalue weighted by Gasteiger charge is 2.41. The van der Waals surface area contributed by atoms with Crippen LogP contribution in [0.25, 0.3) is 10.6 Å². The summed E-state index contributed by atoms with van der Waals surface area (Å²) >= 11 is 1.72. The second kappa shape index (κ2) is 9.23. The minimum absolute atomic E-state index is 0.00604. The molecule has 3 fully saturated rings. The molecule has 0 radical (unpaired) electrons. The number of amides is 1. The van der Waals surface area contributed by atoms with Crippen molar-refractivity contribution in [2.45, 2.75) is 31.7 Å². The lowest BCUT2D eigenvalue weighted by molar-refractivity contribution is 0.0290. The van der Waals surface area contributed by atoms with E-state index in [1.54, 1.807) is 11.3 Å². The number of rotatable bonds is 6. The fourth-order valence-electron chi connectivity index (χ4n) is 5.24. The molecule has 33 heavy (non-hydrogen) atoms. The molecule has 4 atom stereocenters. The average molecular weight is 462 g/mol. The standard InChI is InChI=1S/C26H31N5OS/c1-17-28-23(14-24(29-17)25-5-4-12-33-25)22-16-31-11-10-19(22)13-21(31)15-27-26(32)18-6-8-20(9-7-18)30(2)3/h4-9,12,14,19,21-22H,10-11,13,15-16H2,1-3H3,(H,27,32)/t19-,21+,22+/m0/s1. The molecule has 3 aliphatic heterocycles. The van der Waals surface area contributed by atoms with Crippen molar-refractivity contribution in [3.8, 4) is 10.6 Å². The smallest absolute Gasteiger partial charge is 0.251 e. The van der Waals surface area contributed by atoms with E-state index in [0.29, 0.717) is 30.0 Å². The molecule has 3 saturated heterocycles. The molecular formula is C26H31N5OS. The lowest BCUT2D eigenvalue weighted by Crippen LogP contribution is -2.56. The molecule has 1 amide bonds. The number of nitrogens with one attached hydrogen (secondary N) is 1. The molecule has 6 rings (SSSR count). The Labute approximate surface area is 199 Å². The predicted molar refractivity (Wildman–Crippen MR) is 134 cm³/mol. The van der Waals surface area contributed by atoms with Gasteiger partial charge in [-0.3, -0.25) is 9.69 Å². The third kappa shape index (κ3) is 4.66. The van der Waals surface area contributed by atoms with Gasteiger partial charge in [-0.25, -0.2) is 9.97 Å². The van der Waals surface area contributed by atoms with Gasteiger partial charge in [0.15, 0.2) is 0 Å². The molecule has 5 heterocycles. The largest absolute Gasteiger partial charge is 0.378 e. The Morgan fingerprint density at radius 1 is 1.21 bits per heavy atom. The number of anilines is 1. The highest BCUT2D eigenvalue weighted by atomic mass is 32.1. The van der Waals surface area contributed by atoms with Crippen LogP contribution in [0, 0.1) is 12.8 Å². The van der Waals surface area contributed by atoms with Gasteiger partial charge in [-0.05, 0) is 74.0 Å². The number of aryl methyl sites for hydroxylation is 1. The number of piperidine rings is 3. The maximum absolute atomic E-state index is 12.7. The summed E-state index contributed by atoms with van der Waals surface area (Å²) in [6.45, 7) is 4.79. The highest BCUT2D eigenvalue weighted by Crippen LogP contribution is 2.41. The first-order chi connectivity index (χ1) is 16.0. The number of carbonyl (C=O) groups excluding carboxylic acids is 1. The van der Waals surface area contributed by atoms with Gasteiger partial charge in [0.05, 0.1) is 10.6 Å². The van der Waals surface area contributed by atoms with Crippen LogP contribution in [0.4, 0.5) is 5.69 Å². The molecule has 3 aliphatic rings. The second-order valence-corrected chi connectivity index (χ2v) is 10.3. The molecule has 0 spiro atoms. The Kier molecular flexibility index (Phi) is 6.17. The molecule has 2 aromatic heterocycles. The third-order valence-corrected chi connectivity index (χ3v) is 7.93. The number of hydrogen-bond acceptors (Lipinski definition) is 6. The van der Waals surface area contributed by atoms with E-state index in [4.69, 9.17) is 4.98 Å².